The molecule has 0 aliphatic heterocycles. The zero-order valence-corrected chi connectivity index (χ0v) is 37.9. The van der Waals surface area contributed by atoms with Crippen LogP contribution < -0.4 is 103 Å². The number of hydrogen-bond donors (Lipinski definition) is 1. The number of halogens is 2. The quantitative estimate of drug-likeness (QED) is 0.107. The Balaban J connectivity index is -0.000000236. The minimum absolute atomic E-state index is 0. The van der Waals surface area contributed by atoms with Gasteiger partial charge in [-0.3, -0.25) is 12.4 Å². The van der Waals surface area contributed by atoms with Crippen LogP contribution >= 0.6 is 0 Å². The average molecular weight is 712 g/mol. The van der Waals surface area contributed by atoms with Crippen LogP contribution in [0.2, 0.25) is 0 Å². The summed E-state index contributed by atoms with van der Waals surface area (Å²) in [4.78, 5) is 17.3. The number of rotatable bonds is 10. The van der Waals surface area contributed by atoms with E-state index in [-0.39, 0.29) is 141 Å². The normalized spacial score (nSPS) is 10.4. The van der Waals surface area contributed by atoms with Gasteiger partial charge in [0, 0.05) is 11.1 Å². The fraction of sp³-hybridized carbons (Fsp3) is 0.366. The molecule has 0 amide bonds. The van der Waals surface area contributed by atoms with Gasteiger partial charge in [0.2, 0.25) is 0 Å². The maximum absolute atomic E-state index is 15.4. The minimum Gasteiger partial charge on any atom is -0.545 e. The van der Waals surface area contributed by atoms with Gasteiger partial charge in [-0.1, -0.05) is 83.5 Å². The molecule has 0 bridgehead atoms. The van der Waals surface area contributed by atoms with E-state index in [1.807, 2.05) is 65.0 Å². The van der Waals surface area contributed by atoms with Gasteiger partial charge in [-0.15, -0.1) is 13.2 Å². The Bertz CT molecular complexity index is 1370. The molecule has 0 heterocycles. The molecule has 0 fully saturated rings. The summed E-state index contributed by atoms with van der Waals surface area (Å²) in [5.41, 5.74) is 6.99. The molecule has 1 N–H and O–H groups in total. The Labute approximate surface area is 377 Å². The van der Waals surface area contributed by atoms with Crippen molar-refractivity contribution in [1.82, 2.24) is 0 Å². The van der Waals surface area contributed by atoms with Gasteiger partial charge in [0.05, 0.1) is 6.10 Å². The number of aliphatic hydroxyl groups excluding tert-OH is 1. The third kappa shape index (κ3) is 18.2. The first kappa shape index (κ1) is 56.9. The molecule has 48 heavy (non-hydrogen) atoms. The molecule has 2 unspecified atom stereocenters. The largest absolute Gasteiger partial charge is 1.00 e. The van der Waals surface area contributed by atoms with E-state index < -0.39 is 0 Å². The van der Waals surface area contributed by atoms with Crippen molar-refractivity contribution >= 4 is 13.1 Å². The SMILES string of the molecule is CCCC(C)C(O)CC.CCc1cc(-c2cccc(-c3cccc(C)c3C)c2F)cc(F)c1CC.[CH-]=C([C-]=O)C(=C)C.[CH-]=O.[CH3-].[CH3-].[K+].[K+]. The molecule has 2 atom stereocenters. The van der Waals surface area contributed by atoms with Gasteiger partial charge in [0.15, 0.2) is 0 Å². The van der Waals surface area contributed by atoms with Crippen LogP contribution in [-0.2, 0) is 22.4 Å². The van der Waals surface area contributed by atoms with Crippen LogP contribution in [0.3, 0.4) is 0 Å². The standard InChI is InChI=1S/C24H24F2.C8H18O.C6H6O.CHO.2CH3.2K/c1-5-17-13-18(14-23(25)19(17)6-2)21-11-8-12-22(24(21)26)20-10-7-9-15(3)16(20)4;1-4-6-7(3)8(9)5-2;1-5(2)6(3)4-7;1-2;;;;/h7-14H,5-6H2,1-4H3;7-9H,4-6H2,1-3H3;3H,1H2,2H3;1H;2*1H3;;/q;;-2;3*-1;2*+1. The van der Waals surface area contributed by atoms with E-state index in [2.05, 4.69) is 27.2 Å². The van der Waals surface area contributed by atoms with Gasteiger partial charge in [-0.2, -0.15) is 0 Å². The first-order valence-corrected chi connectivity index (χ1v) is 15.1. The zero-order valence-electron chi connectivity index (χ0n) is 31.7. The molecular weight excluding hydrogens is 657 g/mol. The molecule has 3 nitrogen and oxygen atoms in total. The van der Waals surface area contributed by atoms with Gasteiger partial charge in [0.25, 0.3) is 0 Å². The van der Waals surface area contributed by atoms with E-state index in [0.29, 0.717) is 34.6 Å². The topological polar surface area (TPSA) is 54.4 Å². The number of aliphatic hydroxyl groups is 1. The number of allylic oxidation sites excluding steroid dienone is 2. The predicted octanol–water partition coefficient (Wildman–Crippen LogP) is 4.90. The van der Waals surface area contributed by atoms with E-state index in [4.69, 9.17) is 11.4 Å². The van der Waals surface area contributed by atoms with Gasteiger partial charge in [-0.05, 0) is 84.9 Å². The molecular formula is C41H55F2K2O3-3. The Hall–Kier alpha value is -0.427. The summed E-state index contributed by atoms with van der Waals surface area (Å²) in [6.07, 6.45) is 6.01. The monoisotopic (exact) mass is 711 g/mol. The van der Waals surface area contributed by atoms with Crippen LogP contribution in [-0.4, -0.2) is 24.3 Å². The average Bonchev–Trinajstić information content (AvgIpc) is 3.03. The van der Waals surface area contributed by atoms with Crippen molar-refractivity contribution in [3.8, 4) is 22.3 Å². The fourth-order valence-corrected chi connectivity index (χ4v) is 4.70. The van der Waals surface area contributed by atoms with Crippen LogP contribution in [0.1, 0.15) is 83.1 Å². The molecule has 0 aliphatic carbocycles. The van der Waals surface area contributed by atoms with E-state index in [0.717, 1.165) is 47.1 Å². The summed E-state index contributed by atoms with van der Waals surface area (Å²) < 4.78 is 29.9. The summed E-state index contributed by atoms with van der Waals surface area (Å²) in [6, 6.07) is 14.6. The van der Waals surface area contributed by atoms with Crippen LogP contribution in [0.4, 0.5) is 8.78 Å². The first-order chi connectivity index (χ1) is 20.9. The van der Waals surface area contributed by atoms with Gasteiger partial charge < -0.3 is 41.7 Å². The zero-order chi connectivity index (χ0) is 34.0. The van der Waals surface area contributed by atoms with E-state index >= 15 is 4.39 Å². The second-order valence-electron chi connectivity index (χ2n) is 10.8. The van der Waals surface area contributed by atoms with Crippen molar-refractivity contribution in [2.45, 2.75) is 93.6 Å². The summed E-state index contributed by atoms with van der Waals surface area (Å²) >= 11 is 0. The first-order valence-electron chi connectivity index (χ1n) is 15.1. The smallest absolute Gasteiger partial charge is 0.545 e. The van der Waals surface area contributed by atoms with Gasteiger partial charge in [-0.25, -0.2) is 15.4 Å². The van der Waals surface area contributed by atoms with Crippen molar-refractivity contribution in [2.75, 3.05) is 0 Å². The third-order valence-corrected chi connectivity index (χ3v) is 7.62. The molecule has 0 aromatic heterocycles. The summed E-state index contributed by atoms with van der Waals surface area (Å²) in [7, 11) is 0. The molecule has 0 saturated carbocycles. The Kier molecular flexibility index (Phi) is 37.1. The molecule has 0 aliphatic rings. The number of aryl methyl sites for hydroxylation is 2. The second-order valence-corrected chi connectivity index (χ2v) is 10.8. The van der Waals surface area contributed by atoms with Crippen molar-refractivity contribution in [2.24, 2.45) is 5.92 Å². The Morgan fingerprint density at radius 1 is 0.917 bits per heavy atom. The van der Waals surface area contributed by atoms with E-state index in [9.17, 15) is 14.3 Å². The predicted molar refractivity (Wildman–Crippen MR) is 194 cm³/mol. The molecule has 0 saturated heterocycles. The Morgan fingerprint density at radius 2 is 1.44 bits per heavy atom. The molecule has 3 aromatic rings. The summed E-state index contributed by atoms with van der Waals surface area (Å²) in [5, 5.41) is 9.26. The van der Waals surface area contributed by atoms with Crippen LogP contribution in [0.15, 0.2) is 66.3 Å². The molecule has 7 heteroatoms. The second kappa shape index (κ2) is 31.3. The molecule has 256 valence electrons. The number of benzene rings is 3. The fourth-order valence-electron chi connectivity index (χ4n) is 4.70. The van der Waals surface area contributed by atoms with Crippen LogP contribution in [0, 0.1) is 52.8 Å². The van der Waals surface area contributed by atoms with Crippen molar-refractivity contribution < 1.29 is 126 Å². The van der Waals surface area contributed by atoms with Crippen molar-refractivity contribution in [3.05, 3.63) is 122 Å². The van der Waals surface area contributed by atoms with E-state index in [1.165, 1.54) is 18.8 Å². The van der Waals surface area contributed by atoms with Gasteiger partial charge >= 0.3 is 103 Å². The van der Waals surface area contributed by atoms with Crippen molar-refractivity contribution in [1.29, 1.82) is 0 Å². The maximum atomic E-state index is 15.4. The van der Waals surface area contributed by atoms with Gasteiger partial charge in [0.1, 0.15) is 11.6 Å². The Morgan fingerprint density at radius 3 is 1.88 bits per heavy atom. The molecule has 3 aromatic carbocycles. The van der Waals surface area contributed by atoms with E-state index in [1.54, 1.807) is 19.1 Å². The van der Waals surface area contributed by atoms with Crippen molar-refractivity contribution in [3.63, 3.8) is 0 Å². The molecule has 0 spiro atoms. The number of hydrogen-bond acceptors (Lipinski definition) is 3. The number of carbonyl (C=O) groups excluding carboxylic acids is 2. The molecule has 3 rings (SSSR count). The molecule has 0 radical (unpaired) electrons. The minimum atomic E-state index is -0.299. The summed E-state index contributed by atoms with van der Waals surface area (Å²) in [5.74, 6) is -0.0645. The van der Waals surface area contributed by atoms with Crippen LogP contribution in [0.25, 0.3) is 22.3 Å². The summed E-state index contributed by atoms with van der Waals surface area (Å²) in [6.45, 7) is 27.6. The maximum Gasteiger partial charge on any atom is 1.00 e. The van der Waals surface area contributed by atoms with Crippen LogP contribution in [0.5, 0.6) is 0 Å². The third-order valence-electron chi connectivity index (χ3n) is 7.62.